The molecule has 0 amide bonds. The summed E-state index contributed by atoms with van der Waals surface area (Å²) < 4.78 is 0. The highest BCUT2D eigenvalue weighted by Gasteiger charge is 2.15. The molecular weight excluding hydrogens is 530 g/mol. The second-order valence-corrected chi connectivity index (χ2v) is 10.9. The number of pyridine rings is 1. The molecule has 1 heteroatoms. The van der Waals surface area contributed by atoms with Crippen LogP contribution in [0.15, 0.2) is 159 Å². The molecule has 0 saturated carbocycles. The molecule has 0 atom stereocenters. The molecule has 0 saturated heterocycles. The van der Waals surface area contributed by atoms with Gasteiger partial charge in [0, 0.05) is 18.0 Å². The summed E-state index contributed by atoms with van der Waals surface area (Å²) in [6, 6.07) is 38.5. The maximum Gasteiger partial charge on any atom is 0.0346 e. The summed E-state index contributed by atoms with van der Waals surface area (Å²) in [5.74, 6) is 0. The minimum absolute atomic E-state index is 0.820. The normalized spacial score (nSPS) is 12.2. The highest BCUT2D eigenvalue weighted by Crippen LogP contribution is 2.39. The van der Waals surface area contributed by atoms with Gasteiger partial charge in [-0.3, -0.25) is 4.98 Å². The fourth-order valence-electron chi connectivity index (χ4n) is 5.99. The number of benzene rings is 5. The van der Waals surface area contributed by atoms with Crippen molar-refractivity contribution >= 4 is 44.8 Å². The van der Waals surface area contributed by atoms with Crippen molar-refractivity contribution in [1.82, 2.24) is 4.98 Å². The lowest BCUT2D eigenvalue weighted by Gasteiger charge is -2.18. The van der Waals surface area contributed by atoms with Crippen molar-refractivity contribution < 1.29 is 0 Å². The van der Waals surface area contributed by atoms with E-state index in [4.69, 9.17) is 0 Å². The van der Waals surface area contributed by atoms with Gasteiger partial charge >= 0.3 is 0 Å². The van der Waals surface area contributed by atoms with Gasteiger partial charge < -0.3 is 0 Å². The van der Waals surface area contributed by atoms with E-state index in [1.54, 1.807) is 0 Å². The van der Waals surface area contributed by atoms with Gasteiger partial charge in [-0.15, -0.1) is 0 Å². The van der Waals surface area contributed by atoms with Crippen LogP contribution in [0.4, 0.5) is 0 Å². The Morgan fingerprint density at radius 3 is 1.95 bits per heavy atom. The van der Waals surface area contributed by atoms with Crippen LogP contribution in [-0.2, 0) is 6.42 Å². The number of fused-ring (bicyclic) bond motifs is 2. The second kappa shape index (κ2) is 13.2. The molecule has 0 N–H and O–H groups in total. The molecule has 0 aliphatic heterocycles. The summed E-state index contributed by atoms with van der Waals surface area (Å²) >= 11 is 0. The zero-order valence-corrected chi connectivity index (χ0v) is 25.1. The first kappa shape index (κ1) is 28.6. The van der Waals surface area contributed by atoms with Gasteiger partial charge in [0.2, 0.25) is 0 Å². The number of nitrogens with zero attached hydrogens (tertiary/aromatic N) is 1. The monoisotopic (exact) mass is 565 g/mol. The maximum atomic E-state index is 4.59. The van der Waals surface area contributed by atoms with Crippen LogP contribution in [-0.4, -0.2) is 4.98 Å². The van der Waals surface area contributed by atoms with E-state index >= 15 is 0 Å². The Morgan fingerprint density at radius 2 is 1.30 bits per heavy atom. The first-order valence-corrected chi connectivity index (χ1v) is 15.0. The van der Waals surface area contributed by atoms with Crippen LogP contribution in [0.25, 0.3) is 56.0 Å². The van der Waals surface area contributed by atoms with Crippen molar-refractivity contribution in [1.29, 1.82) is 0 Å². The Bertz CT molecular complexity index is 2020. The molecular formula is C43H35N. The van der Waals surface area contributed by atoms with Crippen LogP contribution in [0.3, 0.4) is 0 Å². The van der Waals surface area contributed by atoms with Gasteiger partial charge in [0.05, 0.1) is 0 Å². The quantitative estimate of drug-likeness (QED) is 0.125. The summed E-state index contributed by atoms with van der Waals surface area (Å²) in [5.41, 5.74) is 10.5. The molecule has 0 fully saturated rings. The lowest BCUT2D eigenvalue weighted by molar-refractivity contribution is 1.30. The minimum atomic E-state index is 0.820. The number of hydrogen-bond acceptors (Lipinski definition) is 1. The molecule has 44 heavy (non-hydrogen) atoms. The Labute approximate surface area is 260 Å². The van der Waals surface area contributed by atoms with Gasteiger partial charge in [-0.1, -0.05) is 153 Å². The molecule has 5 aromatic carbocycles. The van der Waals surface area contributed by atoms with Crippen molar-refractivity contribution in [2.45, 2.75) is 13.3 Å². The largest absolute Gasteiger partial charge is 0.263 e. The smallest absolute Gasteiger partial charge is 0.0346 e. The molecule has 6 aromatic rings. The Morgan fingerprint density at radius 1 is 0.682 bits per heavy atom. The van der Waals surface area contributed by atoms with Gasteiger partial charge in [-0.2, -0.15) is 0 Å². The van der Waals surface area contributed by atoms with E-state index in [9.17, 15) is 0 Å². The topological polar surface area (TPSA) is 12.9 Å². The minimum Gasteiger partial charge on any atom is -0.263 e. The third-order valence-corrected chi connectivity index (χ3v) is 8.14. The first-order valence-electron chi connectivity index (χ1n) is 15.0. The predicted molar refractivity (Wildman–Crippen MR) is 192 cm³/mol. The summed E-state index contributed by atoms with van der Waals surface area (Å²) in [5, 5.41) is 4.98. The summed E-state index contributed by atoms with van der Waals surface area (Å²) in [7, 11) is 0. The third kappa shape index (κ3) is 5.86. The number of aromatic nitrogens is 1. The number of allylic oxidation sites excluding steroid dienone is 6. The average molecular weight is 566 g/mol. The standard InChI is InChI=1S/C43H35N/c1-4-16-35(27-31(3)36-28-37(30-44-29-36)34-18-7-6-8-19-34)43-41-24-13-11-22-39(41)38(40-23-12-14-25-42(40)43)26-15-21-33-20-10-9-17-32(33)5-2/h4-25,27-30H,1-2,26H2,3H3/b21-15-,31-27+,35-16+. The van der Waals surface area contributed by atoms with Crippen molar-refractivity contribution in [3.8, 4) is 11.1 Å². The van der Waals surface area contributed by atoms with Crippen LogP contribution < -0.4 is 0 Å². The summed E-state index contributed by atoms with van der Waals surface area (Å²) in [4.78, 5) is 4.59. The Hall–Kier alpha value is -5.53. The van der Waals surface area contributed by atoms with Crippen LogP contribution in [0.2, 0.25) is 0 Å². The molecule has 6 rings (SSSR count). The molecule has 0 spiro atoms. The molecule has 1 heterocycles. The van der Waals surface area contributed by atoms with Crippen LogP contribution in [0.1, 0.15) is 34.7 Å². The lowest BCUT2D eigenvalue weighted by Crippen LogP contribution is -1.95. The highest BCUT2D eigenvalue weighted by molar-refractivity contribution is 6.13. The Kier molecular flexibility index (Phi) is 8.57. The summed E-state index contributed by atoms with van der Waals surface area (Å²) in [6.45, 7) is 10.2. The van der Waals surface area contributed by atoms with Gasteiger partial charge in [-0.05, 0) is 85.5 Å². The summed E-state index contributed by atoms with van der Waals surface area (Å²) in [6.07, 6.45) is 17.4. The van der Waals surface area contributed by atoms with Gasteiger partial charge in [0.1, 0.15) is 0 Å². The predicted octanol–water partition coefficient (Wildman–Crippen LogP) is 11.6. The van der Waals surface area contributed by atoms with E-state index in [1.165, 1.54) is 38.2 Å². The third-order valence-electron chi connectivity index (χ3n) is 8.14. The van der Waals surface area contributed by atoms with Crippen molar-refractivity contribution in [3.05, 3.63) is 187 Å². The van der Waals surface area contributed by atoms with Gasteiger partial charge in [0.15, 0.2) is 0 Å². The van der Waals surface area contributed by atoms with E-state index in [-0.39, 0.29) is 0 Å². The zero-order valence-electron chi connectivity index (χ0n) is 25.1. The first-order chi connectivity index (χ1) is 21.7. The van der Waals surface area contributed by atoms with E-state index in [2.05, 4.69) is 152 Å². The van der Waals surface area contributed by atoms with Gasteiger partial charge in [0.25, 0.3) is 0 Å². The van der Waals surface area contributed by atoms with E-state index in [0.29, 0.717) is 0 Å². The Balaban J connectivity index is 1.47. The fraction of sp³-hybridized carbons (Fsp3) is 0.0465. The molecule has 0 aliphatic rings. The molecule has 1 aromatic heterocycles. The van der Waals surface area contributed by atoms with E-state index in [0.717, 1.165) is 39.8 Å². The van der Waals surface area contributed by atoms with E-state index < -0.39 is 0 Å². The molecule has 0 radical (unpaired) electrons. The molecule has 1 nitrogen and oxygen atoms in total. The fourth-order valence-corrected chi connectivity index (χ4v) is 5.99. The van der Waals surface area contributed by atoms with Crippen molar-refractivity contribution in [3.63, 3.8) is 0 Å². The number of rotatable bonds is 9. The molecule has 0 unspecified atom stereocenters. The maximum absolute atomic E-state index is 4.59. The van der Waals surface area contributed by atoms with Crippen LogP contribution in [0.5, 0.6) is 0 Å². The second-order valence-electron chi connectivity index (χ2n) is 10.9. The van der Waals surface area contributed by atoms with Gasteiger partial charge in [-0.25, -0.2) is 0 Å². The lowest BCUT2D eigenvalue weighted by atomic mass is 9.86. The van der Waals surface area contributed by atoms with Crippen LogP contribution >= 0.6 is 0 Å². The van der Waals surface area contributed by atoms with Crippen molar-refractivity contribution in [2.24, 2.45) is 0 Å². The molecule has 212 valence electrons. The highest BCUT2D eigenvalue weighted by atomic mass is 14.6. The molecule has 0 bridgehead atoms. The van der Waals surface area contributed by atoms with Crippen molar-refractivity contribution in [2.75, 3.05) is 0 Å². The number of hydrogen-bond donors (Lipinski definition) is 0. The average Bonchev–Trinajstić information content (AvgIpc) is 3.08. The molecule has 0 aliphatic carbocycles. The van der Waals surface area contributed by atoms with E-state index in [1.807, 2.05) is 30.6 Å². The van der Waals surface area contributed by atoms with Crippen LogP contribution in [0, 0.1) is 0 Å². The SMILES string of the molecule is C=C/C=C(\C=C(/C)c1cncc(-c2ccccc2)c1)c1c2ccccc2c(C/C=C\c2ccccc2C=C)c2ccccc12. The zero-order chi connectivity index (χ0) is 30.3.